The first kappa shape index (κ1) is 19.2. The van der Waals surface area contributed by atoms with Crippen molar-refractivity contribution in [1.82, 2.24) is 19.3 Å². The molecular formula is C23H20N6OS. The highest BCUT2D eigenvalue weighted by Crippen LogP contribution is 2.31. The Balaban J connectivity index is 1.55. The van der Waals surface area contributed by atoms with Crippen LogP contribution in [0.4, 0.5) is 0 Å². The van der Waals surface area contributed by atoms with Crippen molar-refractivity contribution in [2.24, 2.45) is 12.8 Å². The van der Waals surface area contributed by atoms with Gasteiger partial charge in [-0.15, -0.1) is 11.3 Å². The highest BCUT2D eigenvalue weighted by Gasteiger charge is 2.18. The number of thiazole rings is 1. The first-order chi connectivity index (χ1) is 15.0. The summed E-state index contributed by atoms with van der Waals surface area (Å²) in [6, 6.07) is 14.4. The molecule has 0 amide bonds. The van der Waals surface area contributed by atoms with Crippen molar-refractivity contribution < 1.29 is 0 Å². The fraction of sp³-hybridized carbons (Fsp3) is 0.130. The van der Waals surface area contributed by atoms with Crippen LogP contribution in [0.3, 0.4) is 0 Å². The summed E-state index contributed by atoms with van der Waals surface area (Å²) in [6.45, 7) is 0.405. The lowest BCUT2D eigenvalue weighted by Crippen LogP contribution is -2.24. The van der Waals surface area contributed by atoms with Gasteiger partial charge >= 0.3 is 0 Å². The zero-order valence-electron chi connectivity index (χ0n) is 16.9. The Morgan fingerprint density at radius 3 is 2.84 bits per heavy atom. The molecule has 2 aromatic carbocycles. The lowest BCUT2D eigenvalue weighted by Gasteiger charge is -2.07. The molecule has 8 heteroatoms. The molecule has 3 N–H and O–H groups in total. The second kappa shape index (κ2) is 7.48. The van der Waals surface area contributed by atoms with E-state index in [1.165, 1.54) is 27.6 Å². The maximum Gasteiger partial charge on any atom is 0.291 e. The molecule has 0 aliphatic carbocycles. The Kier molecular flexibility index (Phi) is 4.63. The molecular weight excluding hydrogens is 408 g/mol. The predicted molar refractivity (Wildman–Crippen MR) is 126 cm³/mol. The maximum absolute atomic E-state index is 13.2. The van der Waals surface area contributed by atoms with Crippen LogP contribution >= 0.6 is 11.3 Å². The van der Waals surface area contributed by atoms with Crippen LogP contribution < -0.4 is 11.3 Å². The van der Waals surface area contributed by atoms with Gasteiger partial charge in [-0.25, -0.2) is 9.67 Å². The number of nitrogens with one attached hydrogen (secondary N) is 1. The summed E-state index contributed by atoms with van der Waals surface area (Å²) in [7, 11) is 1.85. The molecule has 31 heavy (non-hydrogen) atoms. The molecule has 5 aromatic rings. The quantitative estimate of drug-likeness (QED) is 0.418. The van der Waals surface area contributed by atoms with Gasteiger partial charge in [0.1, 0.15) is 10.5 Å². The van der Waals surface area contributed by atoms with Crippen LogP contribution in [0.25, 0.3) is 32.0 Å². The number of nitrogens with zero attached hydrogens (tertiary/aromatic N) is 4. The monoisotopic (exact) mass is 428 g/mol. The number of hydrogen-bond donors (Lipinski definition) is 2. The van der Waals surface area contributed by atoms with Crippen LogP contribution in [0.15, 0.2) is 65.2 Å². The van der Waals surface area contributed by atoms with E-state index in [9.17, 15) is 4.79 Å². The van der Waals surface area contributed by atoms with Crippen molar-refractivity contribution in [3.63, 3.8) is 0 Å². The van der Waals surface area contributed by atoms with Crippen molar-refractivity contribution in [1.29, 1.82) is 5.41 Å². The third kappa shape index (κ3) is 3.30. The number of allylic oxidation sites excluding steroid dienone is 2. The van der Waals surface area contributed by atoms with Crippen LogP contribution in [-0.2, 0) is 20.0 Å². The summed E-state index contributed by atoms with van der Waals surface area (Å²) in [4.78, 5) is 17.9. The molecule has 0 bridgehead atoms. The van der Waals surface area contributed by atoms with Gasteiger partial charge in [-0.3, -0.25) is 4.79 Å². The Hall–Kier alpha value is -3.78. The Morgan fingerprint density at radius 1 is 1.23 bits per heavy atom. The van der Waals surface area contributed by atoms with Crippen molar-refractivity contribution in [3.05, 3.63) is 81.4 Å². The normalized spacial score (nSPS) is 12.2. The lowest BCUT2D eigenvalue weighted by atomic mass is 10.1. The van der Waals surface area contributed by atoms with Crippen LogP contribution in [0.5, 0.6) is 0 Å². The number of aromatic nitrogens is 4. The minimum atomic E-state index is -0.136. The van der Waals surface area contributed by atoms with Gasteiger partial charge in [-0.1, -0.05) is 36.4 Å². The molecule has 0 aliphatic heterocycles. The minimum absolute atomic E-state index is 0.136. The highest BCUT2D eigenvalue weighted by molar-refractivity contribution is 7.19. The Bertz CT molecular complexity index is 1560. The van der Waals surface area contributed by atoms with Gasteiger partial charge in [0.05, 0.1) is 17.4 Å². The predicted octanol–water partition coefficient (Wildman–Crippen LogP) is 3.58. The summed E-state index contributed by atoms with van der Waals surface area (Å²) in [6.07, 6.45) is 4.94. The van der Waals surface area contributed by atoms with E-state index in [1.54, 1.807) is 12.3 Å². The van der Waals surface area contributed by atoms with E-state index >= 15 is 0 Å². The summed E-state index contributed by atoms with van der Waals surface area (Å²) in [5.41, 5.74) is 8.73. The second-order valence-electron chi connectivity index (χ2n) is 7.46. The number of aryl methyl sites for hydroxylation is 1. The van der Waals surface area contributed by atoms with Gasteiger partial charge in [0.15, 0.2) is 5.65 Å². The van der Waals surface area contributed by atoms with Gasteiger partial charge in [0.2, 0.25) is 0 Å². The number of hydrogen-bond acceptors (Lipinski definition) is 6. The van der Waals surface area contributed by atoms with Crippen molar-refractivity contribution in [2.45, 2.75) is 13.0 Å². The van der Waals surface area contributed by atoms with E-state index in [4.69, 9.17) is 11.1 Å². The van der Waals surface area contributed by atoms with Gasteiger partial charge in [-0.05, 0) is 28.5 Å². The first-order valence-electron chi connectivity index (χ1n) is 9.82. The number of rotatable bonds is 5. The minimum Gasteiger partial charge on any atom is -0.402 e. The lowest BCUT2D eigenvalue weighted by molar-refractivity contribution is 0.644. The van der Waals surface area contributed by atoms with Gasteiger partial charge in [0.25, 0.3) is 5.56 Å². The molecule has 0 aliphatic rings. The summed E-state index contributed by atoms with van der Waals surface area (Å²) >= 11 is 1.51. The molecule has 0 atom stereocenters. The molecule has 3 aromatic heterocycles. The molecule has 0 fully saturated rings. The average Bonchev–Trinajstić information content (AvgIpc) is 3.28. The Labute approximate surface area is 181 Å². The fourth-order valence-corrected chi connectivity index (χ4v) is 5.01. The average molecular weight is 429 g/mol. The molecule has 0 spiro atoms. The molecule has 0 saturated carbocycles. The molecule has 0 unspecified atom stereocenters. The summed E-state index contributed by atoms with van der Waals surface area (Å²) in [5.74, 6) is 0. The van der Waals surface area contributed by atoms with E-state index in [2.05, 4.69) is 34.3 Å². The van der Waals surface area contributed by atoms with E-state index in [1.807, 2.05) is 29.8 Å². The molecule has 154 valence electrons. The van der Waals surface area contributed by atoms with Crippen LogP contribution in [0, 0.1) is 5.41 Å². The van der Waals surface area contributed by atoms with Crippen molar-refractivity contribution in [3.8, 4) is 0 Å². The van der Waals surface area contributed by atoms with Crippen molar-refractivity contribution >= 4 is 49.6 Å². The zero-order chi connectivity index (χ0) is 21.5. The molecule has 0 saturated heterocycles. The topological polar surface area (TPSA) is 103 Å². The second-order valence-corrected chi connectivity index (χ2v) is 8.54. The standard InChI is InChI=1S/C23H20N6OS/c1-28-20-18(21-22(28)27-19(31-21)11-17(25)8-9-24)12-26-29(23(20)30)13-14-6-7-15-4-2-3-5-16(15)10-14/h2-10,12,24H,11,13,25H2,1H3. The Morgan fingerprint density at radius 2 is 2.03 bits per heavy atom. The highest BCUT2D eigenvalue weighted by atomic mass is 32.1. The number of benzene rings is 2. The largest absolute Gasteiger partial charge is 0.402 e. The summed E-state index contributed by atoms with van der Waals surface area (Å²) in [5, 5.41) is 15.5. The van der Waals surface area contributed by atoms with Gasteiger partial charge < -0.3 is 15.7 Å². The van der Waals surface area contributed by atoms with Crippen LogP contribution in [0.1, 0.15) is 10.6 Å². The van der Waals surface area contributed by atoms with E-state index in [0.29, 0.717) is 24.2 Å². The van der Waals surface area contributed by atoms with E-state index < -0.39 is 0 Å². The zero-order valence-corrected chi connectivity index (χ0v) is 17.7. The SMILES string of the molecule is Cn1c2nc(CC(N)=CC=N)sc2c2cnn(Cc3ccc4ccccc4c3)c(=O)c21. The van der Waals surface area contributed by atoms with Crippen LogP contribution in [0.2, 0.25) is 0 Å². The van der Waals surface area contributed by atoms with E-state index in [-0.39, 0.29) is 5.56 Å². The van der Waals surface area contributed by atoms with Gasteiger partial charge in [0, 0.05) is 30.8 Å². The molecule has 7 nitrogen and oxygen atoms in total. The van der Waals surface area contributed by atoms with E-state index in [0.717, 1.165) is 31.7 Å². The van der Waals surface area contributed by atoms with Crippen LogP contribution in [-0.4, -0.2) is 25.5 Å². The fourth-order valence-electron chi connectivity index (χ4n) is 3.87. The number of nitrogens with two attached hydrogens (primary N) is 1. The molecule has 0 radical (unpaired) electrons. The third-order valence-electron chi connectivity index (χ3n) is 5.37. The number of fused-ring (bicyclic) bond motifs is 4. The first-order valence-corrected chi connectivity index (χ1v) is 10.6. The maximum atomic E-state index is 13.2. The third-order valence-corrected chi connectivity index (χ3v) is 6.45. The smallest absolute Gasteiger partial charge is 0.291 e. The molecule has 3 heterocycles. The summed E-state index contributed by atoms with van der Waals surface area (Å²) < 4.78 is 4.27. The molecule has 5 rings (SSSR count). The van der Waals surface area contributed by atoms with Gasteiger partial charge in [-0.2, -0.15) is 5.10 Å². The van der Waals surface area contributed by atoms with Crippen molar-refractivity contribution in [2.75, 3.05) is 0 Å².